The Labute approximate surface area is 233 Å². The van der Waals surface area contributed by atoms with Gasteiger partial charge >= 0.3 is 5.97 Å². The highest BCUT2D eigenvalue weighted by molar-refractivity contribution is 5.99. The summed E-state index contributed by atoms with van der Waals surface area (Å²) >= 11 is 0. The van der Waals surface area contributed by atoms with Gasteiger partial charge in [-0.15, -0.1) is 0 Å². The lowest BCUT2D eigenvalue weighted by atomic mass is 9.87. The third-order valence-electron chi connectivity index (χ3n) is 7.37. The molecule has 0 aliphatic carbocycles. The highest BCUT2D eigenvalue weighted by atomic mass is 19.1. The Kier molecular flexibility index (Phi) is 7.31. The minimum absolute atomic E-state index is 0.197. The van der Waals surface area contributed by atoms with E-state index < -0.39 is 17.7 Å². The van der Waals surface area contributed by atoms with Crippen molar-refractivity contribution >= 4 is 17.0 Å². The van der Waals surface area contributed by atoms with Gasteiger partial charge in [0, 0.05) is 34.0 Å². The molecule has 0 saturated carbocycles. The SMILES string of the molecule is COc1cccc(F)c1Cn1ccc2c(-c3ccc4c(c3C)CCCO4)c([C@H](OC(C)(C)C)C(=O)O)c(C)nc21. The second kappa shape index (κ2) is 10.6. The van der Waals surface area contributed by atoms with Gasteiger partial charge in [0.15, 0.2) is 6.10 Å². The van der Waals surface area contributed by atoms with E-state index in [9.17, 15) is 14.3 Å². The molecule has 1 aliphatic rings. The van der Waals surface area contributed by atoms with Gasteiger partial charge in [-0.25, -0.2) is 14.2 Å². The Morgan fingerprint density at radius 2 is 1.98 bits per heavy atom. The maximum Gasteiger partial charge on any atom is 0.337 e. The van der Waals surface area contributed by atoms with Crippen LogP contribution in [0.15, 0.2) is 42.6 Å². The molecule has 1 N–H and O–H groups in total. The normalized spacial score (nSPS) is 14.1. The Morgan fingerprint density at radius 3 is 2.67 bits per heavy atom. The van der Waals surface area contributed by atoms with Crippen LogP contribution in [-0.2, 0) is 22.5 Å². The molecule has 2 aromatic carbocycles. The van der Waals surface area contributed by atoms with Crippen molar-refractivity contribution < 1.29 is 28.5 Å². The van der Waals surface area contributed by atoms with Gasteiger partial charge in [0.05, 0.1) is 25.9 Å². The van der Waals surface area contributed by atoms with Gasteiger partial charge in [-0.3, -0.25) is 0 Å². The molecule has 40 heavy (non-hydrogen) atoms. The van der Waals surface area contributed by atoms with E-state index in [0.717, 1.165) is 46.2 Å². The van der Waals surface area contributed by atoms with Crippen LogP contribution in [0.4, 0.5) is 4.39 Å². The number of hydrogen-bond donors (Lipinski definition) is 1. The molecule has 8 heteroatoms. The number of ether oxygens (including phenoxy) is 3. The third kappa shape index (κ3) is 5.04. The Morgan fingerprint density at radius 1 is 1.20 bits per heavy atom. The fraction of sp³-hybridized carbons (Fsp3) is 0.375. The number of carbonyl (C=O) groups is 1. The lowest BCUT2D eigenvalue weighted by Gasteiger charge is -2.29. The molecule has 0 fully saturated rings. The maximum absolute atomic E-state index is 14.9. The zero-order chi connectivity index (χ0) is 28.8. The fourth-order valence-electron chi connectivity index (χ4n) is 5.59. The summed E-state index contributed by atoms with van der Waals surface area (Å²) < 4.78 is 34.2. The monoisotopic (exact) mass is 546 g/mol. The summed E-state index contributed by atoms with van der Waals surface area (Å²) in [4.78, 5) is 17.6. The van der Waals surface area contributed by atoms with Gasteiger partial charge in [-0.1, -0.05) is 12.1 Å². The number of aromatic nitrogens is 2. The fourth-order valence-corrected chi connectivity index (χ4v) is 5.59. The number of halogens is 1. The van der Waals surface area contributed by atoms with Crippen molar-refractivity contribution in [2.75, 3.05) is 13.7 Å². The van der Waals surface area contributed by atoms with Gasteiger partial charge in [0.25, 0.3) is 0 Å². The zero-order valence-electron chi connectivity index (χ0n) is 23.8. The van der Waals surface area contributed by atoms with Crippen LogP contribution in [-0.4, -0.2) is 39.9 Å². The standard InChI is InChI=1S/C32H35FN2O5/c1-18-20-9-8-16-39-26(20)13-12-21(18)28-22-14-15-35(17-23-24(33)10-7-11-25(23)38-6)30(22)34-19(2)27(28)29(31(36)37)40-32(3,4)5/h7,10-15,29H,8-9,16-17H2,1-6H3,(H,36,37)/t29-/m0/s1. The van der Waals surface area contributed by atoms with Crippen molar-refractivity contribution in [2.45, 2.75) is 65.7 Å². The molecule has 4 aromatic rings. The van der Waals surface area contributed by atoms with E-state index in [4.69, 9.17) is 19.2 Å². The topological polar surface area (TPSA) is 82.8 Å². The van der Waals surface area contributed by atoms with Crippen LogP contribution in [0, 0.1) is 19.7 Å². The largest absolute Gasteiger partial charge is 0.496 e. The summed E-state index contributed by atoms with van der Waals surface area (Å²) in [6.45, 7) is 10.2. The van der Waals surface area contributed by atoms with Crippen molar-refractivity contribution in [3.8, 4) is 22.6 Å². The molecule has 5 rings (SSSR count). The number of carboxylic acid groups (broad SMARTS) is 1. The van der Waals surface area contributed by atoms with E-state index >= 15 is 0 Å². The molecule has 210 valence electrons. The van der Waals surface area contributed by atoms with Crippen molar-refractivity contribution in [1.82, 2.24) is 9.55 Å². The van der Waals surface area contributed by atoms with Gasteiger partial charge in [0.1, 0.15) is 23.0 Å². The number of aliphatic carboxylic acids is 1. The first-order valence-electron chi connectivity index (χ1n) is 13.5. The molecular weight excluding hydrogens is 511 g/mol. The summed E-state index contributed by atoms with van der Waals surface area (Å²) in [5.41, 5.74) is 5.18. The highest BCUT2D eigenvalue weighted by Gasteiger charge is 2.33. The highest BCUT2D eigenvalue weighted by Crippen LogP contribution is 2.43. The Hall–Kier alpha value is -3.91. The average Bonchev–Trinajstić information content (AvgIpc) is 3.29. The second-order valence-corrected chi connectivity index (χ2v) is 11.2. The van der Waals surface area contributed by atoms with Crippen LogP contribution in [0.5, 0.6) is 11.5 Å². The van der Waals surface area contributed by atoms with Gasteiger partial charge < -0.3 is 23.9 Å². The molecule has 0 amide bonds. The predicted octanol–water partition coefficient (Wildman–Crippen LogP) is 6.78. The van der Waals surface area contributed by atoms with Gasteiger partial charge in [0.2, 0.25) is 0 Å². The summed E-state index contributed by atoms with van der Waals surface area (Å²) in [6, 6.07) is 10.6. The minimum atomic E-state index is -1.24. The number of nitrogens with zero attached hydrogens (tertiary/aromatic N) is 2. The number of pyridine rings is 1. The second-order valence-electron chi connectivity index (χ2n) is 11.2. The maximum atomic E-state index is 14.9. The van der Waals surface area contributed by atoms with E-state index in [0.29, 0.717) is 34.8 Å². The molecule has 2 aromatic heterocycles. The number of benzene rings is 2. The van der Waals surface area contributed by atoms with Crippen LogP contribution >= 0.6 is 0 Å². The van der Waals surface area contributed by atoms with Crippen LogP contribution < -0.4 is 9.47 Å². The van der Waals surface area contributed by atoms with Gasteiger partial charge in [-0.05, 0) is 88.4 Å². The van der Waals surface area contributed by atoms with Crippen molar-refractivity contribution in [2.24, 2.45) is 0 Å². The lowest BCUT2D eigenvalue weighted by Crippen LogP contribution is -2.28. The van der Waals surface area contributed by atoms with Crippen LogP contribution in [0.25, 0.3) is 22.2 Å². The molecule has 0 radical (unpaired) electrons. The van der Waals surface area contributed by atoms with Crippen LogP contribution in [0.1, 0.15) is 61.2 Å². The number of rotatable bonds is 7. The molecule has 7 nitrogen and oxygen atoms in total. The molecule has 0 unspecified atom stereocenters. The summed E-state index contributed by atoms with van der Waals surface area (Å²) in [5, 5.41) is 11.1. The smallest absolute Gasteiger partial charge is 0.337 e. The predicted molar refractivity (Wildman–Crippen MR) is 152 cm³/mol. The van der Waals surface area contributed by atoms with Crippen LogP contribution in [0.3, 0.4) is 0 Å². The number of hydrogen-bond acceptors (Lipinski definition) is 5. The minimum Gasteiger partial charge on any atom is -0.496 e. The number of methoxy groups -OCH3 is 1. The van der Waals surface area contributed by atoms with E-state index in [1.165, 1.54) is 13.2 Å². The third-order valence-corrected chi connectivity index (χ3v) is 7.37. The first-order valence-corrected chi connectivity index (χ1v) is 13.5. The molecule has 1 aliphatic heterocycles. The first kappa shape index (κ1) is 27.6. The molecule has 0 bridgehead atoms. The van der Waals surface area contributed by atoms with Crippen molar-refractivity contribution in [3.63, 3.8) is 0 Å². The summed E-state index contributed by atoms with van der Waals surface area (Å²) in [7, 11) is 1.52. The van der Waals surface area contributed by atoms with Gasteiger partial charge in [-0.2, -0.15) is 0 Å². The first-order chi connectivity index (χ1) is 19.0. The molecule has 0 saturated heterocycles. The summed E-state index contributed by atoms with van der Waals surface area (Å²) in [6.07, 6.45) is 2.41. The molecule has 3 heterocycles. The molecule has 0 spiro atoms. The van der Waals surface area contributed by atoms with E-state index in [-0.39, 0.29) is 12.4 Å². The van der Waals surface area contributed by atoms with Crippen molar-refractivity contribution in [3.05, 3.63) is 76.4 Å². The average molecular weight is 547 g/mol. The van der Waals surface area contributed by atoms with E-state index in [1.54, 1.807) is 19.1 Å². The Balaban J connectivity index is 1.79. The van der Waals surface area contributed by atoms with E-state index in [1.807, 2.05) is 49.7 Å². The molecular formula is C32H35FN2O5. The van der Waals surface area contributed by atoms with E-state index in [2.05, 4.69) is 6.92 Å². The quantitative estimate of drug-likeness (QED) is 0.275. The summed E-state index contributed by atoms with van der Waals surface area (Å²) in [5.74, 6) is -0.147. The Bertz CT molecular complexity index is 1600. The van der Waals surface area contributed by atoms with Crippen molar-refractivity contribution in [1.29, 1.82) is 0 Å². The zero-order valence-corrected chi connectivity index (χ0v) is 23.8. The van der Waals surface area contributed by atoms with Crippen LogP contribution in [0.2, 0.25) is 0 Å². The molecule has 1 atom stereocenters. The number of aryl methyl sites for hydroxylation is 1. The lowest BCUT2D eigenvalue weighted by molar-refractivity contribution is -0.160. The number of carboxylic acids is 1. The number of fused-ring (bicyclic) bond motifs is 2.